The first-order valence-electron chi connectivity index (χ1n) is 5.04. The van der Waals surface area contributed by atoms with Gasteiger partial charge in [-0.15, -0.1) is 0 Å². The van der Waals surface area contributed by atoms with E-state index >= 15 is 0 Å². The van der Waals surface area contributed by atoms with Crippen molar-refractivity contribution >= 4 is 11.6 Å². The molecule has 0 saturated carbocycles. The van der Waals surface area contributed by atoms with Crippen LogP contribution in [-0.4, -0.2) is 17.9 Å². The van der Waals surface area contributed by atoms with Gasteiger partial charge in [0.2, 0.25) is 6.79 Å². The van der Waals surface area contributed by atoms with Crippen molar-refractivity contribution in [3.05, 3.63) is 22.2 Å². The molecule has 1 aromatic carbocycles. The first-order valence-corrected chi connectivity index (χ1v) is 5.42. The summed E-state index contributed by atoms with van der Waals surface area (Å²) in [6, 6.07) is 1.41. The fraction of sp³-hybridized carbons (Fsp3) is 0.455. The summed E-state index contributed by atoms with van der Waals surface area (Å²) in [7, 11) is 0. The fourth-order valence-corrected chi connectivity index (χ4v) is 2.17. The SMILES string of the molecule is Cc1cc2c(c(Cl)c1C(O)C(C)N)OCO2. The van der Waals surface area contributed by atoms with Crippen LogP contribution in [0.4, 0.5) is 0 Å². The number of aryl methyl sites for hydroxylation is 1. The minimum absolute atomic E-state index is 0.159. The molecule has 16 heavy (non-hydrogen) atoms. The number of halogens is 1. The molecular formula is C11H14ClNO3. The number of hydrogen-bond acceptors (Lipinski definition) is 4. The van der Waals surface area contributed by atoms with Gasteiger partial charge >= 0.3 is 0 Å². The number of benzene rings is 1. The number of ether oxygens (including phenoxy) is 2. The fourth-order valence-electron chi connectivity index (χ4n) is 1.76. The van der Waals surface area contributed by atoms with E-state index in [2.05, 4.69) is 0 Å². The molecule has 0 amide bonds. The zero-order chi connectivity index (χ0) is 11.9. The van der Waals surface area contributed by atoms with Crippen LogP contribution < -0.4 is 15.2 Å². The Hall–Kier alpha value is -0.970. The van der Waals surface area contributed by atoms with E-state index in [4.69, 9.17) is 26.8 Å². The molecule has 0 spiro atoms. The van der Waals surface area contributed by atoms with Crippen LogP contribution in [0, 0.1) is 6.92 Å². The Morgan fingerprint density at radius 2 is 2.19 bits per heavy atom. The van der Waals surface area contributed by atoms with Gasteiger partial charge in [-0.3, -0.25) is 0 Å². The van der Waals surface area contributed by atoms with E-state index in [1.54, 1.807) is 13.0 Å². The van der Waals surface area contributed by atoms with Crippen LogP contribution in [-0.2, 0) is 0 Å². The van der Waals surface area contributed by atoms with Crippen LogP contribution in [0.15, 0.2) is 6.07 Å². The molecule has 0 aromatic heterocycles. The van der Waals surface area contributed by atoms with Crippen molar-refractivity contribution in [2.45, 2.75) is 26.0 Å². The summed E-state index contributed by atoms with van der Waals surface area (Å²) in [5.74, 6) is 1.10. The lowest BCUT2D eigenvalue weighted by Gasteiger charge is -2.19. The lowest BCUT2D eigenvalue weighted by Crippen LogP contribution is -2.25. The van der Waals surface area contributed by atoms with Crippen molar-refractivity contribution < 1.29 is 14.6 Å². The Morgan fingerprint density at radius 1 is 1.50 bits per heavy atom. The molecule has 2 unspecified atom stereocenters. The van der Waals surface area contributed by atoms with Crippen LogP contribution >= 0.6 is 11.6 Å². The second-order valence-corrected chi connectivity index (χ2v) is 4.34. The molecule has 0 saturated heterocycles. The molecule has 1 heterocycles. The van der Waals surface area contributed by atoms with Gasteiger partial charge in [-0.1, -0.05) is 11.6 Å². The molecule has 0 fully saturated rings. The molecule has 88 valence electrons. The summed E-state index contributed by atoms with van der Waals surface area (Å²) in [6.45, 7) is 3.74. The van der Waals surface area contributed by atoms with E-state index < -0.39 is 12.1 Å². The third-order valence-corrected chi connectivity index (χ3v) is 3.02. The predicted octanol–water partition coefficient (Wildman–Crippen LogP) is 1.76. The lowest BCUT2D eigenvalue weighted by molar-refractivity contribution is 0.152. The Balaban J connectivity index is 2.54. The lowest BCUT2D eigenvalue weighted by atomic mass is 9.98. The van der Waals surface area contributed by atoms with Crippen molar-refractivity contribution in [3.8, 4) is 11.5 Å². The molecular weight excluding hydrogens is 230 g/mol. The molecule has 0 radical (unpaired) electrons. The first kappa shape index (κ1) is 11.5. The Morgan fingerprint density at radius 3 is 2.81 bits per heavy atom. The van der Waals surface area contributed by atoms with Crippen molar-refractivity contribution in [1.82, 2.24) is 0 Å². The monoisotopic (exact) mass is 243 g/mol. The largest absolute Gasteiger partial charge is 0.454 e. The summed E-state index contributed by atoms with van der Waals surface area (Å²) in [5.41, 5.74) is 7.13. The highest BCUT2D eigenvalue weighted by Gasteiger charge is 2.26. The average molecular weight is 244 g/mol. The highest BCUT2D eigenvalue weighted by molar-refractivity contribution is 6.33. The van der Waals surface area contributed by atoms with Crippen LogP contribution in [0.2, 0.25) is 5.02 Å². The Kier molecular flexibility index (Phi) is 2.97. The van der Waals surface area contributed by atoms with E-state index in [0.717, 1.165) is 5.56 Å². The number of rotatable bonds is 2. The van der Waals surface area contributed by atoms with Crippen molar-refractivity contribution in [2.24, 2.45) is 5.73 Å². The molecule has 1 aliphatic rings. The van der Waals surface area contributed by atoms with E-state index in [-0.39, 0.29) is 6.79 Å². The molecule has 0 aliphatic carbocycles. The highest BCUT2D eigenvalue weighted by Crippen LogP contribution is 2.44. The van der Waals surface area contributed by atoms with Crippen LogP contribution in [0.3, 0.4) is 0 Å². The van der Waals surface area contributed by atoms with Crippen LogP contribution in [0.5, 0.6) is 11.5 Å². The Labute approximate surface area is 98.9 Å². The number of fused-ring (bicyclic) bond motifs is 1. The molecule has 0 bridgehead atoms. The number of aliphatic hydroxyl groups is 1. The van der Waals surface area contributed by atoms with E-state index in [1.807, 2.05) is 6.92 Å². The molecule has 3 N–H and O–H groups in total. The molecule has 2 rings (SSSR count). The maximum absolute atomic E-state index is 9.98. The van der Waals surface area contributed by atoms with Crippen molar-refractivity contribution in [2.75, 3.05) is 6.79 Å². The molecule has 4 nitrogen and oxygen atoms in total. The quantitative estimate of drug-likeness (QED) is 0.831. The standard InChI is InChI=1S/C11H14ClNO3/c1-5-3-7-11(16-4-15-7)9(12)8(5)10(14)6(2)13/h3,6,10,14H,4,13H2,1-2H3. The molecule has 1 aromatic rings. The van der Waals surface area contributed by atoms with Gasteiger partial charge in [-0.25, -0.2) is 0 Å². The van der Waals surface area contributed by atoms with Crippen molar-refractivity contribution in [1.29, 1.82) is 0 Å². The van der Waals surface area contributed by atoms with E-state index in [9.17, 15) is 5.11 Å². The molecule has 1 aliphatic heterocycles. The van der Waals surface area contributed by atoms with Crippen molar-refractivity contribution in [3.63, 3.8) is 0 Å². The first-order chi connectivity index (χ1) is 7.52. The van der Waals surface area contributed by atoms with Crippen LogP contribution in [0.1, 0.15) is 24.2 Å². The predicted molar refractivity (Wildman–Crippen MR) is 60.9 cm³/mol. The van der Waals surface area contributed by atoms with Gasteiger partial charge in [0, 0.05) is 11.6 Å². The zero-order valence-corrected chi connectivity index (χ0v) is 9.91. The number of aliphatic hydroxyl groups excluding tert-OH is 1. The summed E-state index contributed by atoms with van der Waals surface area (Å²) >= 11 is 6.18. The van der Waals surface area contributed by atoms with Gasteiger partial charge < -0.3 is 20.3 Å². The molecule has 5 heteroatoms. The second kappa shape index (κ2) is 4.13. The van der Waals surface area contributed by atoms with Gasteiger partial charge in [0.05, 0.1) is 11.1 Å². The summed E-state index contributed by atoms with van der Waals surface area (Å²) in [6.07, 6.45) is -0.804. The summed E-state index contributed by atoms with van der Waals surface area (Å²) in [4.78, 5) is 0. The van der Waals surface area contributed by atoms with Gasteiger partial charge in [-0.05, 0) is 25.5 Å². The number of hydrogen-bond donors (Lipinski definition) is 2. The minimum Gasteiger partial charge on any atom is -0.454 e. The highest BCUT2D eigenvalue weighted by atomic mass is 35.5. The van der Waals surface area contributed by atoms with Gasteiger partial charge in [0.15, 0.2) is 11.5 Å². The van der Waals surface area contributed by atoms with Gasteiger partial charge in [-0.2, -0.15) is 0 Å². The van der Waals surface area contributed by atoms with Crippen LogP contribution in [0.25, 0.3) is 0 Å². The molecule has 2 atom stereocenters. The van der Waals surface area contributed by atoms with Gasteiger partial charge in [0.25, 0.3) is 0 Å². The second-order valence-electron chi connectivity index (χ2n) is 3.96. The zero-order valence-electron chi connectivity index (χ0n) is 9.16. The maximum atomic E-state index is 9.98. The maximum Gasteiger partial charge on any atom is 0.231 e. The van der Waals surface area contributed by atoms with Gasteiger partial charge in [0.1, 0.15) is 0 Å². The third-order valence-electron chi connectivity index (χ3n) is 2.64. The smallest absolute Gasteiger partial charge is 0.231 e. The average Bonchev–Trinajstić information content (AvgIpc) is 2.65. The topological polar surface area (TPSA) is 64.7 Å². The van der Waals surface area contributed by atoms with E-state index in [1.165, 1.54) is 0 Å². The summed E-state index contributed by atoms with van der Waals surface area (Å²) in [5, 5.41) is 10.4. The number of nitrogens with two attached hydrogens (primary N) is 1. The Bertz CT molecular complexity index is 420. The normalized spacial score (nSPS) is 17.3. The summed E-state index contributed by atoms with van der Waals surface area (Å²) < 4.78 is 10.5. The van der Waals surface area contributed by atoms with E-state index in [0.29, 0.717) is 22.1 Å². The minimum atomic E-state index is -0.804. The third kappa shape index (κ3) is 1.73.